The van der Waals surface area contributed by atoms with Crippen molar-refractivity contribution >= 4 is 0 Å². The third-order valence-electron chi connectivity index (χ3n) is 3.16. The smallest absolute Gasteiger partial charge is 0.132 e. The maximum Gasteiger partial charge on any atom is 0.132 e. The Hall–Kier alpha value is -1.74. The van der Waals surface area contributed by atoms with Gasteiger partial charge in [0.05, 0.1) is 6.10 Å². The molecule has 0 aliphatic rings. The van der Waals surface area contributed by atoms with Crippen LogP contribution in [0.25, 0.3) is 0 Å². The number of aryl methyl sites for hydroxylation is 3. The largest absolute Gasteiger partial charge is 0.389 e. The third-order valence-corrected chi connectivity index (χ3v) is 3.16. The maximum absolute atomic E-state index is 9.58. The highest BCUT2D eigenvalue weighted by Gasteiger charge is 2.08. The second-order valence-corrected chi connectivity index (χ2v) is 5.18. The summed E-state index contributed by atoms with van der Waals surface area (Å²) in [7, 11) is 0. The highest BCUT2D eigenvalue weighted by molar-refractivity contribution is 5.30. The van der Waals surface area contributed by atoms with E-state index in [0.717, 1.165) is 23.5 Å². The van der Waals surface area contributed by atoms with Crippen LogP contribution >= 0.6 is 0 Å². The first-order chi connectivity index (χ1) is 8.95. The van der Waals surface area contributed by atoms with Crippen LogP contribution in [0.15, 0.2) is 24.4 Å². The van der Waals surface area contributed by atoms with Crippen molar-refractivity contribution in [2.24, 2.45) is 0 Å². The first kappa shape index (κ1) is 13.7. The minimum atomic E-state index is -0.518. The summed E-state index contributed by atoms with van der Waals surface area (Å²) in [6.07, 6.45) is 1.93. The van der Waals surface area contributed by atoms with Crippen molar-refractivity contribution in [2.75, 3.05) is 0 Å². The molecule has 2 aromatic rings. The van der Waals surface area contributed by atoms with Crippen molar-refractivity contribution in [2.45, 2.75) is 40.2 Å². The number of benzene rings is 1. The number of aliphatic hydroxyl groups is 1. The molecule has 1 heterocycles. The monoisotopic (exact) mass is 256 g/mol. The predicted octanol–water partition coefficient (Wildman–Crippen LogP) is 3.05. The van der Waals surface area contributed by atoms with E-state index < -0.39 is 6.10 Å². The molecule has 0 amide bonds. The third kappa shape index (κ3) is 3.38. The van der Waals surface area contributed by atoms with Gasteiger partial charge in [0.25, 0.3) is 0 Å². The number of aliphatic hydroxyl groups excluding tert-OH is 1. The van der Waals surface area contributed by atoms with Crippen molar-refractivity contribution in [1.82, 2.24) is 9.97 Å². The van der Waals surface area contributed by atoms with Crippen LogP contribution in [0.2, 0.25) is 0 Å². The van der Waals surface area contributed by atoms with E-state index in [1.807, 2.05) is 6.92 Å². The van der Waals surface area contributed by atoms with E-state index in [1.165, 1.54) is 16.7 Å². The fraction of sp³-hybridized carbons (Fsp3) is 0.375. The van der Waals surface area contributed by atoms with Crippen molar-refractivity contribution in [3.8, 4) is 0 Å². The Morgan fingerprint density at radius 3 is 2.26 bits per heavy atom. The Morgan fingerprint density at radius 2 is 1.74 bits per heavy atom. The highest BCUT2D eigenvalue weighted by atomic mass is 16.3. The van der Waals surface area contributed by atoms with Crippen molar-refractivity contribution < 1.29 is 5.11 Å². The van der Waals surface area contributed by atoms with E-state index in [4.69, 9.17) is 0 Å². The maximum atomic E-state index is 9.58. The van der Waals surface area contributed by atoms with Crippen LogP contribution in [-0.4, -0.2) is 15.1 Å². The Labute approximate surface area is 114 Å². The molecule has 100 valence electrons. The van der Waals surface area contributed by atoms with E-state index in [0.29, 0.717) is 0 Å². The molecule has 1 atom stereocenters. The van der Waals surface area contributed by atoms with Crippen LogP contribution in [0.4, 0.5) is 0 Å². The summed E-state index contributed by atoms with van der Waals surface area (Å²) in [5.74, 6) is 0.798. The number of hydrogen-bond donors (Lipinski definition) is 1. The average molecular weight is 256 g/mol. The lowest BCUT2D eigenvalue weighted by atomic mass is 10.0. The lowest BCUT2D eigenvalue weighted by Crippen LogP contribution is -2.04. The van der Waals surface area contributed by atoms with E-state index in [9.17, 15) is 5.11 Å². The number of aromatic nitrogens is 2. The van der Waals surface area contributed by atoms with Gasteiger partial charge in [-0.05, 0) is 33.3 Å². The Bertz CT molecular complexity index is 571. The lowest BCUT2D eigenvalue weighted by Gasteiger charge is -2.09. The second kappa shape index (κ2) is 5.49. The minimum absolute atomic E-state index is 0.518. The zero-order chi connectivity index (χ0) is 14.0. The zero-order valence-corrected chi connectivity index (χ0v) is 11.9. The lowest BCUT2D eigenvalue weighted by molar-refractivity contribution is 0.197. The summed E-state index contributed by atoms with van der Waals surface area (Å²) in [6, 6.07) is 6.48. The summed E-state index contributed by atoms with van der Waals surface area (Å²) in [5.41, 5.74) is 5.38. The molecule has 0 aliphatic heterocycles. The van der Waals surface area contributed by atoms with E-state index in [1.54, 1.807) is 13.1 Å². The molecule has 0 radical (unpaired) electrons. The van der Waals surface area contributed by atoms with Gasteiger partial charge in [-0.1, -0.05) is 29.3 Å². The molecule has 1 aromatic carbocycles. The van der Waals surface area contributed by atoms with Gasteiger partial charge in [0.1, 0.15) is 5.82 Å². The van der Waals surface area contributed by atoms with E-state index >= 15 is 0 Å². The van der Waals surface area contributed by atoms with Crippen molar-refractivity contribution in [3.63, 3.8) is 0 Å². The van der Waals surface area contributed by atoms with Crippen molar-refractivity contribution in [3.05, 3.63) is 58.2 Å². The first-order valence-corrected chi connectivity index (χ1v) is 6.53. The topological polar surface area (TPSA) is 46.0 Å². The fourth-order valence-electron chi connectivity index (χ4n) is 2.37. The number of rotatable bonds is 3. The van der Waals surface area contributed by atoms with Gasteiger partial charge in [0.2, 0.25) is 0 Å². The molecular formula is C16H20N2O. The quantitative estimate of drug-likeness (QED) is 0.918. The molecule has 0 bridgehead atoms. The van der Waals surface area contributed by atoms with Gasteiger partial charge < -0.3 is 5.11 Å². The molecule has 3 heteroatoms. The van der Waals surface area contributed by atoms with Gasteiger partial charge in [-0.25, -0.2) is 9.97 Å². The molecule has 1 aromatic heterocycles. The number of hydrogen-bond acceptors (Lipinski definition) is 3. The molecule has 1 unspecified atom stereocenters. The van der Waals surface area contributed by atoms with Crippen molar-refractivity contribution in [1.29, 1.82) is 0 Å². The van der Waals surface area contributed by atoms with Crippen LogP contribution in [0.1, 0.15) is 46.8 Å². The molecule has 0 fully saturated rings. The summed E-state index contributed by atoms with van der Waals surface area (Å²) in [4.78, 5) is 8.82. The first-order valence-electron chi connectivity index (χ1n) is 6.53. The Morgan fingerprint density at radius 1 is 1.11 bits per heavy atom. The summed E-state index contributed by atoms with van der Waals surface area (Å²) >= 11 is 0. The molecule has 1 N–H and O–H groups in total. The van der Waals surface area contributed by atoms with Gasteiger partial charge in [-0.15, -0.1) is 0 Å². The highest BCUT2D eigenvalue weighted by Crippen LogP contribution is 2.16. The predicted molar refractivity (Wildman–Crippen MR) is 76.1 cm³/mol. The Balaban J connectivity index is 2.26. The second-order valence-electron chi connectivity index (χ2n) is 5.18. The van der Waals surface area contributed by atoms with Gasteiger partial charge in [-0.2, -0.15) is 0 Å². The molecule has 0 aliphatic carbocycles. The van der Waals surface area contributed by atoms with Crippen LogP contribution in [-0.2, 0) is 6.42 Å². The molecule has 0 saturated carbocycles. The Kier molecular flexibility index (Phi) is 3.96. The SMILES string of the molecule is Cc1cc(C)cc(Cc2ncc(C(C)O)c(C)n2)c1. The molecule has 3 nitrogen and oxygen atoms in total. The summed E-state index contributed by atoms with van der Waals surface area (Å²) in [5, 5.41) is 9.58. The molecule has 0 saturated heterocycles. The standard InChI is InChI=1S/C16H20N2O/c1-10-5-11(2)7-14(6-10)8-16-17-9-15(13(4)19)12(3)18-16/h5-7,9,13,19H,8H2,1-4H3. The summed E-state index contributed by atoms with van der Waals surface area (Å²) in [6.45, 7) is 7.84. The van der Waals surface area contributed by atoms with E-state index in [-0.39, 0.29) is 0 Å². The molecular weight excluding hydrogens is 236 g/mol. The van der Waals surface area contributed by atoms with Crippen LogP contribution in [0.5, 0.6) is 0 Å². The fourth-order valence-corrected chi connectivity index (χ4v) is 2.37. The minimum Gasteiger partial charge on any atom is -0.389 e. The molecule has 19 heavy (non-hydrogen) atoms. The van der Waals surface area contributed by atoms with Gasteiger partial charge in [0, 0.05) is 23.9 Å². The summed E-state index contributed by atoms with van der Waals surface area (Å²) < 4.78 is 0. The normalized spacial score (nSPS) is 12.5. The van der Waals surface area contributed by atoms with Crippen LogP contribution < -0.4 is 0 Å². The van der Waals surface area contributed by atoms with E-state index in [2.05, 4.69) is 42.0 Å². The van der Waals surface area contributed by atoms with Gasteiger partial charge in [0.15, 0.2) is 0 Å². The average Bonchev–Trinajstić information content (AvgIpc) is 2.26. The van der Waals surface area contributed by atoms with Crippen LogP contribution in [0.3, 0.4) is 0 Å². The number of nitrogens with zero attached hydrogens (tertiary/aromatic N) is 2. The van der Waals surface area contributed by atoms with Gasteiger partial charge >= 0.3 is 0 Å². The van der Waals surface area contributed by atoms with Crippen LogP contribution in [0, 0.1) is 20.8 Å². The van der Waals surface area contributed by atoms with Gasteiger partial charge in [-0.3, -0.25) is 0 Å². The zero-order valence-electron chi connectivity index (χ0n) is 11.9. The molecule has 0 spiro atoms. The molecule has 2 rings (SSSR count).